The van der Waals surface area contributed by atoms with Crippen LogP contribution in [0.1, 0.15) is 36.6 Å². The number of carboxylic acid groups (broad SMARTS) is 2. The van der Waals surface area contributed by atoms with E-state index >= 15 is 0 Å². The van der Waals surface area contributed by atoms with Gasteiger partial charge in [0.05, 0.1) is 23.2 Å². The topological polar surface area (TPSA) is 110 Å². The van der Waals surface area contributed by atoms with Crippen molar-refractivity contribution in [1.29, 1.82) is 0 Å². The van der Waals surface area contributed by atoms with E-state index in [-0.39, 0.29) is 42.7 Å². The number of hydrogen-bond donors (Lipinski definition) is 2. The van der Waals surface area contributed by atoms with Gasteiger partial charge in [-0.15, -0.1) is 0 Å². The Morgan fingerprint density at radius 2 is 1.12 bits per heavy atom. The van der Waals surface area contributed by atoms with Crippen LogP contribution in [-0.4, -0.2) is 42.2 Å². The van der Waals surface area contributed by atoms with Gasteiger partial charge in [0.25, 0.3) is 0 Å². The van der Waals surface area contributed by atoms with Crippen LogP contribution in [-0.2, 0) is 0 Å². The van der Waals surface area contributed by atoms with E-state index in [1.807, 2.05) is 0 Å². The summed E-state index contributed by atoms with van der Waals surface area (Å²) in [6.45, 7) is 0. The van der Waals surface area contributed by atoms with Crippen LogP contribution in [0.4, 0.5) is 0 Å². The van der Waals surface area contributed by atoms with Crippen LogP contribution in [0.15, 0.2) is 33.2 Å². The highest BCUT2D eigenvalue weighted by atomic mass is 79.9. The maximum Gasteiger partial charge on any atom is 0.339 e. The minimum absolute atomic E-state index is 0.0588. The summed E-state index contributed by atoms with van der Waals surface area (Å²) in [6.07, 6.45) is 0. The lowest BCUT2D eigenvalue weighted by Gasteiger charge is -2.12. The summed E-state index contributed by atoms with van der Waals surface area (Å²) in [5, 5.41) is 18.6. The monoisotopic (exact) mass is 486 g/mol. The molecular formula is C17H12Br2O7. The minimum Gasteiger partial charge on any atom is -0.495 e. The third kappa shape index (κ3) is 3.73. The molecule has 7 nitrogen and oxygen atoms in total. The average molecular weight is 488 g/mol. The molecule has 0 aromatic heterocycles. The summed E-state index contributed by atoms with van der Waals surface area (Å²) in [5.41, 5.74) is -0.278. The van der Waals surface area contributed by atoms with Gasteiger partial charge in [0.2, 0.25) is 0 Å². The van der Waals surface area contributed by atoms with Gasteiger partial charge in [0, 0.05) is 11.1 Å². The summed E-state index contributed by atoms with van der Waals surface area (Å²) in [6, 6.07) is 5.16. The molecule has 26 heavy (non-hydrogen) atoms. The number of carbonyl (C=O) groups excluding carboxylic acids is 1. The highest BCUT2D eigenvalue weighted by Gasteiger charge is 2.23. The van der Waals surface area contributed by atoms with E-state index < -0.39 is 17.7 Å². The van der Waals surface area contributed by atoms with Gasteiger partial charge in [-0.05, 0) is 56.1 Å². The van der Waals surface area contributed by atoms with Crippen LogP contribution in [0.2, 0.25) is 0 Å². The Bertz CT molecular complexity index is 848. The molecule has 0 aliphatic rings. The van der Waals surface area contributed by atoms with Crippen molar-refractivity contribution in [2.75, 3.05) is 14.2 Å². The van der Waals surface area contributed by atoms with E-state index in [9.17, 15) is 24.6 Å². The molecule has 2 aromatic rings. The molecule has 0 heterocycles. The van der Waals surface area contributed by atoms with E-state index in [4.69, 9.17) is 9.47 Å². The molecule has 0 bridgehead atoms. The van der Waals surface area contributed by atoms with Gasteiger partial charge in [-0.1, -0.05) is 0 Å². The van der Waals surface area contributed by atoms with E-state index in [0.717, 1.165) is 0 Å². The summed E-state index contributed by atoms with van der Waals surface area (Å²) in [7, 11) is 2.63. The Kier molecular flexibility index (Phi) is 6.04. The number of benzene rings is 2. The highest BCUT2D eigenvalue weighted by Crippen LogP contribution is 2.34. The number of halogens is 2. The Morgan fingerprint density at radius 3 is 1.38 bits per heavy atom. The van der Waals surface area contributed by atoms with E-state index in [2.05, 4.69) is 31.9 Å². The minimum atomic E-state index is -1.26. The van der Waals surface area contributed by atoms with Crippen LogP contribution < -0.4 is 9.47 Å². The first-order valence-electron chi connectivity index (χ1n) is 6.97. The Hall–Kier alpha value is -2.39. The third-order valence-electron chi connectivity index (χ3n) is 3.48. The number of methoxy groups -OCH3 is 2. The van der Waals surface area contributed by atoms with Crippen LogP contribution in [0.25, 0.3) is 0 Å². The zero-order chi connectivity index (χ0) is 19.6. The van der Waals surface area contributed by atoms with Gasteiger partial charge in [-0.3, -0.25) is 4.79 Å². The van der Waals surface area contributed by atoms with E-state index in [1.165, 1.54) is 38.5 Å². The maximum atomic E-state index is 12.8. The molecule has 0 aliphatic carbocycles. The summed E-state index contributed by atoms with van der Waals surface area (Å²) in [4.78, 5) is 35.6. The first kappa shape index (κ1) is 19.9. The average Bonchev–Trinajstić information content (AvgIpc) is 2.59. The molecular weight excluding hydrogens is 476 g/mol. The molecule has 2 N–H and O–H groups in total. The van der Waals surface area contributed by atoms with Gasteiger partial charge in [0.1, 0.15) is 22.6 Å². The Balaban J connectivity index is 2.63. The predicted molar refractivity (Wildman–Crippen MR) is 98.7 cm³/mol. The molecule has 0 atom stereocenters. The highest BCUT2D eigenvalue weighted by molar-refractivity contribution is 9.11. The van der Waals surface area contributed by atoms with Crippen molar-refractivity contribution in [3.63, 3.8) is 0 Å². The van der Waals surface area contributed by atoms with Crippen LogP contribution >= 0.6 is 31.9 Å². The molecule has 0 unspecified atom stereocenters. The quantitative estimate of drug-likeness (QED) is 0.595. The van der Waals surface area contributed by atoms with Crippen molar-refractivity contribution < 1.29 is 34.1 Å². The van der Waals surface area contributed by atoms with Crippen molar-refractivity contribution in [1.82, 2.24) is 0 Å². The number of carbonyl (C=O) groups is 3. The number of rotatable bonds is 6. The fourth-order valence-electron chi connectivity index (χ4n) is 2.35. The predicted octanol–water partition coefficient (Wildman–Crippen LogP) is 3.86. The zero-order valence-corrected chi connectivity index (χ0v) is 16.7. The lowest BCUT2D eigenvalue weighted by atomic mass is 9.99. The van der Waals surface area contributed by atoms with E-state index in [1.54, 1.807) is 0 Å². The molecule has 2 rings (SSSR count). The number of hydrogen-bond acceptors (Lipinski definition) is 5. The molecule has 0 amide bonds. The van der Waals surface area contributed by atoms with Crippen molar-refractivity contribution in [2.24, 2.45) is 0 Å². The van der Waals surface area contributed by atoms with Gasteiger partial charge in [-0.2, -0.15) is 0 Å². The fourth-order valence-corrected chi connectivity index (χ4v) is 3.59. The fraction of sp³-hybridized carbons (Fsp3) is 0.118. The first-order valence-corrected chi connectivity index (χ1v) is 8.56. The van der Waals surface area contributed by atoms with Crippen molar-refractivity contribution in [3.8, 4) is 11.5 Å². The van der Waals surface area contributed by atoms with Crippen LogP contribution in [0.5, 0.6) is 11.5 Å². The SMILES string of the molecule is COc1c(Br)cc(C(=O)c2cc(Br)c(OC)c(C(=O)O)c2)cc1C(=O)O. The molecule has 2 aromatic carbocycles. The van der Waals surface area contributed by atoms with Gasteiger partial charge in [0.15, 0.2) is 5.78 Å². The largest absolute Gasteiger partial charge is 0.495 e. The second-order valence-corrected chi connectivity index (χ2v) is 6.73. The standard InChI is InChI=1S/C17H12Br2O7/c1-25-14-9(16(21)22)3-7(5-11(14)18)13(20)8-4-10(17(23)24)15(26-2)12(19)6-8/h3-6H,1-2H3,(H,21,22)(H,23,24). The molecule has 0 saturated heterocycles. The number of carboxylic acids is 2. The van der Waals surface area contributed by atoms with Gasteiger partial charge >= 0.3 is 11.9 Å². The number of ether oxygens (including phenoxy) is 2. The zero-order valence-electron chi connectivity index (χ0n) is 13.5. The number of aromatic carboxylic acids is 2. The lowest BCUT2D eigenvalue weighted by Crippen LogP contribution is -2.09. The summed E-state index contributed by atoms with van der Waals surface area (Å²) < 4.78 is 10.6. The van der Waals surface area contributed by atoms with Crippen molar-refractivity contribution in [3.05, 3.63) is 55.5 Å². The molecule has 0 saturated carbocycles. The van der Waals surface area contributed by atoms with Gasteiger partial charge in [-0.25, -0.2) is 9.59 Å². The molecule has 0 aliphatic heterocycles. The maximum absolute atomic E-state index is 12.8. The first-order chi connectivity index (χ1) is 12.2. The van der Waals surface area contributed by atoms with Gasteiger partial charge < -0.3 is 19.7 Å². The second kappa shape index (κ2) is 7.88. The van der Waals surface area contributed by atoms with Crippen molar-refractivity contribution >= 4 is 49.6 Å². The van der Waals surface area contributed by atoms with Crippen LogP contribution in [0, 0.1) is 0 Å². The normalized spacial score (nSPS) is 10.3. The molecule has 0 spiro atoms. The second-order valence-electron chi connectivity index (χ2n) is 5.02. The molecule has 0 fully saturated rings. The smallest absolute Gasteiger partial charge is 0.339 e. The number of ketones is 1. The van der Waals surface area contributed by atoms with Crippen molar-refractivity contribution in [2.45, 2.75) is 0 Å². The van der Waals surface area contributed by atoms with E-state index in [0.29, 0.717) is 0 Å². The summed E-state index contributed by atoms with van der Waals surface area (Å²) in [5.74, 6) is -2.92. The Labute approximate surface area is 164 Å². The Morgan fingerprint density at radius 1 is 0.769 bits per heavy atom. The molecule has 9 heteroatoms. The molecule has 136 valence electrons. The lowest BCUT2D eigenvalue weighted by molar-refractivity contribution is 0.0682. The molecule has 0 radical (unpaired) electrons. The van der Waals surface area contributed by atoms with Crippen LogP contribution in [0.3, 0.4) is 0 Å². The summed E-state index contributed by atoms with van der Waals surface area (Å²) >= 11 is 6.36. The third-order valence-corrected chi connectivity index (χ3v) is 4.66.